The van der Waals surface area contributed by atoms with Crippen molar-refractivity contribution in [1.82, 2.24) is 0 Å². The summed E-state index contributed by atoms with van der Waals surface area (Å²) in [6.45, 7) is 7.76. The number of Topliss-reactive ketones (excluding diaryl/α,β-unsaturated/α-hetero) is 1. The van der Waals surface area contributed by atoms with Gasteiger partial charge in [-0.3, -0.25) is 14.4 Å². The molecule has 0 aromatic heterocycles. The van der Waals surface area contributed by atoms with Gasteiger partial charge in [0.25, 0.3) is 0 Å². The largest absolute Gasteiger partial charge is 0.458 e. The van der Waals surface area contributed by atoms with Crippen molar-refractivity contribution in [2.45, 2.75) is 65.9 Å². The Hall–Kier alpha value is -1.75. The summed E-state index contributed by atoms with van der Waals surface area (Å²) < 4.78 is 5.00. The molecule has 5 nitrogen and oxygen atoms in total. The van der Waals surface area contributed by atoms with E-state index in [9.17, 15) is 19.5 Å². The zero-order valence-electron chi connectivity index (χ0n) is 17.9. The molecule has 0 bridgehead atoms. The van der Waals surface area contributed by atoms with Crippen molar-refractivity contribution in [3.8, 4) is 0 Å². The Labute approximate surface area is 172 Å². The molecule has 4 rings (SSSR count). The average molecular weight is 401 g/mol. The fourth-order valence-electron chi connectivity index (χ4n) is 7.48. The van der Waals surface area contributed by atoms with Crippen LogP contribution in [0.15, 0.2) is 23.8 Å². The summed E-state index contributed by atoms with van der Waals surface area (Å²) >= 11 is 0. The first-order chi connectivity index (χ1) is 13.5. The van der Waals surface area contributed by atoms with Gasteiger partial charge in [0.1, 0.15) is 6.61 Å². The number of aliphatic hydroxyl groups is 1. The molecule has 0 amide bonds. The number of rotatable bonds is 3. The molecule has 3 fully saturated rings. The number of allylic oxidation sites excluding steroid dienone is 4. The van der Waals surface area contributed by atoms with Crippen LogP contribution < -0.4 is 0 Å². The Morgan fingerprint density at radius 1 is 1.21 bits per heavy atom. The molecule has 1 N–H and O–H groups in total. The monoisotopic (exact) mass is 400 g/mol. The summed E-state index contributed by atoms with van der Waals surface area (Å²) in [5.41, 5.74) is 0.437. The van der Waals surface area contributed by atoms with Crippen molar-refractivity contribution < 1.29 is 24.2 Å². The first kappa shape index (κ1) is 20.5. The van der Waals surface area contributed by atoms with Gasteiger partial charge >= 0.3 is 5.97 Å². The highest BCUT2D eigenvalue weighted by Crippen LogP contribution is 2.71. The molecule has 3 saturated carbocycles. The van der Waals surface area contributed by atoms with Crippen molar-refractivity contribution in [1.29, 1.82) is 0 Å². The van der Waals surface area contributed by atoms with Crippen LogP contribution >= 0.6 is 0 Å². The molecule has 4 aliphatic carbocycles. The lowest BCUT2D eigenvalue weighted by atomic mass is 9.42. The van der Waals surface area contributed by atoms with E-state index >= 15 is 0 Å². The van der Waals surface area contributed by atoms with E-state index in [0.29, 0.717) is 6.42 Å². The van der Waals surface area contributed by atoms with E-state index in [4.69, 9.17) is 4.74 Å². The number of esters is 1. The van der Waals surface area contributed by atoms with E-state index in [1.807, 2.05) is 6.08 Å². The number of hydrogen-bond donors (Lipinski definition) is 1. The second-order valence-electron chi connectivity index (χ2n) is 10.3. The van der Waals surface area contributed by atoms with Gasteiger partial charge in [0.15, 0.2) is 11.6 Å². The molecule has 7 unspecified atom stereocenters. The maximum absolute atomic E-state index is 12.9. The van der Waals surface area contributed by atoms with Crippen LogP contribution in [0.25, 0.3) is 0 Å². The lowest BCUT2D eigenvalue weighted by molar-refractivity contribution is -0.168. The molecule has 0 heterocycles. The van der Waals surface area contributed by atoms with Crippen LogP contribution in [0, 0.1) is 34.0 Å². The number of aliphatic hydroxyl groups excluding tert-OH is 1. The fourth-order valence-corrected chi connectivity index (χ4v) is 7.48. The lowest BCUT2D eigenvalue weighted by Gasteiger charge is -2.63. The minimum atomic E-state index is -0.535. The molecule has 0 saturated heterocycles. The highest BCUT2D eigenvalue weighted by molar-refractivity contribution is 6.01. The topological polar surface area (TPSA) is 80.7 Å². The molecule has 29 heavy (non-hydrogen) atoms. The number of fused-ring (bicyclic) bond motifs is 5. The third-order valence-electron chi connectivity index (χ3n) is 9.15. The van der Waals surface area contributed by atoms with Crippen molar-refractivity contribution in [3.05, 3.63) is 23.8 Å². The van der Waals surface area contributed by atoms with Gasteiger partial charge in [0.2, 0.25) is 0 Å². The second-order valence-corrected chi connectivity index (χ2v) is 10.3. The maximum atomic E-state index is 12.9. The number of carbonyl (C=O) groups excluding carboxylic acids is 3. The van der Waals surface area contributed by atoms with E-state index in [-0.39, 0.29) is 52.2 Å². The third-order valence-corrected chi connectivity index (χ3v) is 9.15. The van der Waals surface area contributed by atoms with Crippen LogP contribution in [-0.2, 0) is 19.1 Å². The number of ketones is 2. The van der Waals surface area contributed by atoms with Crippen molar-refractivity contribution in [2.75, 3.05) is 6.61 Å². The minimum Gasteiger partial charge on any atom is -0.458 e. The molecule has 5 heteroatoms. The van der Waals surface area contributed by atoms with Crippen LogP contribution in [0.3, 0.4) is 0 Å². The summed E-state index contributed by atoms with van der Waals surface area (Å²) in [7, 11) is 0. The van der Waals surface area contributed by atoms with Crippen LogP contribution in [0.5, 0.6) is 0 Å². The second kappa shape index (κ2) is 6.63. The predicted molar refractivity (Wildman–Crippen MR) is 108 cm³/mol. The number of carbonyl (C=O) groups is 3. The van der Waals surface area contributed by atoms with Gasteiger partial charge in [-0.15, -0.1) is 0 Å². The normalized spacial score (nSPS) is 45.7. The average Bonchev–Trinajstić information content (AvgIpc) is 2.91. The van der Waals surface area contributed by atoms with Crippen LogP contribution in [0.1, 0.15) is 59.8 Å². The molecular formula is C24H32O5. The Morgan fingerprint density at radius 3 is 2.62 bits per heavy atom. The lowest BCUT2D eigenvalue weighted by Crippen LogP contribution is -2.60. The van der Waals surface area contributed by atoms with E-state index in [1.165, 1.54) is 6.92 Å². The van der Waals surface area contributed by atoms with Crippen molar-refractivity contribution >= 4 is 17.5 Å². The van der Waals surface area contributed by atoms with Crippen molar-refractivity contribution in [3.63, 3.8) is 0 Å². The number of hydrogen-bond acceptors (Lipinski definition) is 5. The van der Waals surface area contributed by atoms with E-state index in [1.54, 1.807) is 12.2 Å². The third kappa shape index (κ3) is 2.80. The van der Waals surface area contributed by atoms with Gasteiger partial charge in [0.05, 0.1) is 6.10 Å². The Bertz CT molecular complexity index is 825. The molecule has 4 aliphatic rings. The summed E-state index contributed by atoms with van der Waals surface area (Å²) in [6.07, 6.45) is 8.95. The minimum absolute atomic E-state index is 0.0251. The summed E-state index contributed by atoms with van der Waals surface area (Å²) in [5.74, 6) is -0.297. The van der Waals surface area contributed by atoms with Gasteiger partial charge in [-0.1, -0.05) is 32.4 Å². The van der Waals surface area contributed by atoms with Gasteiger partial charge in [0, 0.05) is 24.2 Å². The molecule has 0 aromatic rings. The van der Waals surface area contributed by atoms with Crippen LogP contribution in [0.2, 0.25) is 0 Å². The molecule has 0 aromatic carbocycles. The Kier molecular flexibility index (Phi) is 4.69. The van der Waals surface area contributed by atoms with E-state index in [0.717, 1.165) is 31.3 Å². The predicted octanol–water partition coefficient (Wildman–Crippen LogP) is 3.40. The van der Waals surface area contributed by atoms with Gasteiger partial charge in [-0.05, 0) is 61.0 Å². The molecule has 0 aliphatic heterocycles. The van der Waals surface area contributed by atoms with E-state index < -0.39 is 12.1 Å². The zero-order chi connectivity index (χ0) is 21.2. The standard InChI is InChI=1S/C24H32O5/c1-14(25)29-13-20(28)17-8-10-23(3)18-6-5-15-11-16(26)7-9-22(15,2)21(18)19(27)12-24(17,23)4/h7,9,11,17-19,21,27H,5-6,8,10,12-13H2,1-4H3. The fraction of sp³-hybridized carbons (Fsp3) is 0.708. The van der Waals surface area contributed by atoms with E-state index in [2.05, 4.69) is 20.8 Å². The van der Waals surface area contributed by atoms with Gasteiger partial charge in [-0.2, -0.15) is 0 Å². The SMILES string of the molecule is CC(=O)OCC(=O)C1CCC2(C)C3CCC4=CC(=O)C=CC4(C)C3C(O)CC12C. The smallest absolute Gasteiger partial charge is 0.303 e. The van der Waals surface area contributed by atoms with Crippen molar-refractivity contribution in [2.24, 2.45) is 34.0 Å². The highest BCUT2D eigenvalue weighted by Gasteiger charge is 2.67. The zero-order valence-corrected chi connectivity index (χ0v) is 17.9. The van der Waals surface area contributed by atoms with Gasteiger partial charge < -0.3 is 9.84 Å². The molecular weight excluding hydrogens is 368 g/mol. The van der Waals surface area contributed by atoms with Crippen LogP contribution in [0.4, 0.5) is 0 Å². The quantitative estimate of drug-likeness (QED) is 0.735. The molecule has 158 valence electrons. The number of ether oxygens (including phenoxy) is 1. The highest BCUT2D eigenvalue weighted by atomic mass is 16.5. The molecule has 7 atom stereocenters. The summed E-state index contributed by atoms with van der Waals surface area (Å²) in [4.78, 5) is 36.0. The Balaban J connectivity index is 1.68. The van der Waals surface area contributed by atoms with Crippen LogP contribution in [-0.4, -0.2) is 35.4 Å². The summed E-state index contributed by atoms with van der Waals surface area (Å²) in [6, 6.07) is 0. The van der Waals surface area contributed by atoms with Gasteiger partial charge in [-0.25, -0.2) is 0 Å². The molecule has 0 spiro atoms. The maximum Gasteiger partial charge on any atom is 0.303 e. The summed E-state index contributed by atoms with van der Waals surface area (Å²) in [5, 5.41) is 11.4. The molecule has 0 radical (unpaired) electrons. The Morgan fingerprint density at radius 2 is 1.93 bits per heavy atom. The first-order valence-electron chi connectivity index (χ1n) is 10.8. The first-order valence-corrected chi connectivity index (χ1v) is 10.8.